The van der Waals surface area contributed by atoms with Crippen LogP contribution >= 0.6 is 0 Å². The zero-order chi connectivity index (χ0) is 13.8. The van der Waals surface area contributed by atoms with Crippen molar-refractivity contribution in [3.05, 3.63) is 22.8 Å². The molecule has 0 saturated heterocycles. The van der Waals surface area contributed by atoms with Gasteiger partial charge in [0.25, 0.3) is 0 Å². The fourth-order valence-corrected chi connectivity index (χ4v) is 2.95. The number of rotatable bonds is 2. The van der Waals surface area contributed by atoms with Gasteiger partial charge in [-0.15, -0.1) is 0 Å². The van der Waals surface area contributed by atoms with Crippen LogP contribution in [-0.4, -0.2) is 21.0 Å². The van der Waals surface area contributed by atoms with E-state index in [2.05, 4.69) is 9.97 Å². The Kier molecular flexibility index (Phi) is 4.51. The molecule has 1 aliphatic rings. The number of hydrogen-bond acceptors (Lipinski definition) is 3. The zero-order valence-corrected chi connectivity index (χ0v) is 11.8. The lowest BCUT2D eigenvalue weighted by molar-refractivity contribution is 0.0694. The van der Waals surface area contributed by atoms with Gasteiger partial charge in [0.2, 0.25) is 0 Å². The molecule has 2 rings (SSSR count). The van der Waals surface area contributed by atoms with Crippen molar-refractivity contribution >= 4 is 5.97 Å². The lowest BCUT2D eigenvalue weighted by atomic mass is 9.90. The summed E-state index contributed by atoms with van der Waals surface area (Å²) in [6.07, 6.45) is 8.64. The quantitative estimate of drug-likeness (QED) is 0.884. The van der Waals surface area contributed by atoms with Crippen LogP contribution in [0.25, 0.3) is 0 Å². The third-order valence-electron chi connectivity index (χ3n) is 3.97. The Morgan fingerprint density at radius 1 is 1.00 bits per heavy atom. The second kappa shape index (κ2) is 6.13. The van der Waals surface area contributed by atoms with E-state index >= 15 is 0 Å². The lowest BCUT2D eigenvalue weighted by Crippen LogP contribution is -2.13. The van der Waals surface area contributed by atoms with Gasteiger partial charge in [-0.2, -0.15) is 0 Å². The SMILES string of the molecule is Cc1nc(C2CCCCCCC2)nc(C)c1C(=O)O. The molecule has 19 heavy (non-hydrogen) atoms. The monoisotopic (exact) mass is 262 g/mol. The van der Waals surface area contributed by atoms with Crippen LogP contribution in [0.5, 0.6) is 0 Å². The summed E-state index contributed by atoms with van der Waals surface area (Å²) in [6, 6.07) is 0. The van der Waals surface area contributed by atoms with Gasteiger partial charge in [-0.1, -0.05) is 32.1 Å². The summed E-state index contributed by atoms with van der Waals surface area (Å²) in [5.41, 5.74) is 1.45. The first-order valence-electron chi connectivity index (χ1n) is 7.18. The van der Waals surface area contributed by atoms with E-state index in [0.717, 1.165) is 18.7 Å². The number of aryl methyl sites for hydroxylation is 2. The molecule has 0 radical (unpaired) electrons. The van der Waals surface area contributed by atoms with E-state index in [9.17, 15) is 4.79 Å². The van der Waals surface area contributed by atoms with Gasteiger partial charge in [0.1, 0.15) is 11.4 Å². The first kappa shape index (κ1) is 14.0. The molecule has 0 amide bonds. The predicted molar refractivity (Wildman–Crippen MR) is 73.5 cm³/mol. The third-order valence-corrected chi connectivity index (χ3v) is 3.97. The summed E-state index contributed by atoms with van der Waals surface area (Å²) in [6.45, 7) is 3.54. The molecule has 4 heteroatoms. The molecule has 0 aromatic carbocycles. The maximum atomic E-state index is 11.2. The fraction of sp³-hybridized carbons (Fsp3) is 0.667. The van der Waals surface area contributed by atoms with Crippen molar-refractivity contribution in [1.82, 2.24) is 9.97 Å². The van der Waals surface area contributed by atoms with Crippen molar-refractivity contribution in [1.29, 1.82) is 0 Å². The van der Waals surface area contributed by atoms with E-state index in [-0.39, 0.29) is 5.56 Å². The van der Waals surface area contributed by atoms with Crippen LogP contribution in [0.4, 0.5) is 0 Å². The van der Waals surface area contributed by atoms with Crippen LogP contribution in [0.1, 0.15) is 78.4 Å². The minimum Gasteiger partial charge on any atom is -0.478 e. The highest BCUT2D eigenvalue weighted by molar-refractivity contribution is 5.89. The summed E-state index contributed by atoms with van der Waals surface area (Å²) in [5.74, 6) is 0.321. The van der Waals surface area contributed by atoms with Gasteiger partial charge in [0, 0.05) is 5.92 Å². The van der Waals surface area contributed by atoms with Crippen molar-refractivity contribution < 1.29 is 9.90 Å². The normalized spacial score (nSPS) is 17.8. The Morgan fingerprint density at radius 2 is 1.47 bits per heavy atom. The number of aromatic carboxylic acids is 1. The number of carboxylic acid groups (broad SMARTS) is 1. The zero-order valence-electron chi connectivity index (χ0n) is 11.8. The van der Waals surface area contributed by atoms with Crippen LogP contribution in [0, 0.1) is 13.8 Å². The molecule has 1 aromatic rings. The maximum absolute atomic E-state index is 11.2. The Bertz CT molecular complexity index is 440. The minimum atomic E-state index is -0.931. The summed E-state index contributed by atoms with van der Waals surface area (Å²) >= 11 is 0. The number of aromatic nitrogens is 2. The van der Waals surface area contributed by atoms with E-state index in [0.29, 0.717) is 17.3 Å². The molecule has 1 saturated carbocycles. The molecular formula is C15H22N2O2. The topological polar surface area (TPSA) is 63.1 Å². The van der Waals surface area contributed by atoms with Crippen molar-refractivity contribution in [2.75, 3.05) is 0 Å². The maximum Gasteiger partial charge on any atom is 0.339 e. The molecule has 1 aromatic heterocycles. The van der Waals surface area contributed by atoms with Gasteiger partial charge in [0.15, 0.2) is 0 Å². The summed E-state index contributed by atoms with van der Waals surface area (Å²) < 4.78 is 0. The number of carbonyl (C=O) groups is 1. The molecule has 0 spiro atoms. The predicted octanol–water partition coefficient (Wildman–Crippen LogP) is 3.62. The Balaban J connectivity index is 2.26. The Labute approximate surface area is 114 Å². The van der Waals surface area contributed by atoms with E-state index in [1.165, 1.54) is 32.1 Å². The molecule has 1 heterocycles. The highest BCUT2D eigenvalue weighted by Gasteiger charge is 2.20. The van der Waals surface area contributed by atoms with Gasteiger partial charge in [-0.05, 0) is 26.7 Å². The molecule has 104 valence electrons. The fourth-order valence-electron chi connectivity index (χ4n) is 2.95. The summed E-state index contributed by atoms with van der Waals surface area (Å²) in [7, 11) is 0. The molecular weight excluding hydrogens is 240 g/mol. The number of hydrogen-bond donors (Lipinski definition) is 1. The van der Waals surface area contributed by atoms with Crippen LogP contribution in [0.2, 0.25) is 0 Å². The Hall–Kier alpha value is -1.45. The molecule has 1 fully saturated rings. The first-order valence-corrected chi connectivity index (χ1v) is 7.18. The molecule has 4 nitrogen and oxygen atoms in total. The van der Waals surface area contributed by atoms with Gasteiger partial charge in [-0.3, -0.25) is 0 Å². The lowest BCUT2D eigenvalue weighted by Gasteiger charge is -2.19. The van der Waals surface area contributed by atoms with Gasteiger partial charge < -0.3 is 5.11 Å². The van der Waals surface area contributed by atoms with Crippen molar-refractivity contribution in [3.63, 3.8) is 0 Å². The summed E-state index contributed by atoms with van der Waals surface area (Å²) in [5, 5.41) is 9.15. The molecule has 0 atom stereocenters. The van der Waals surface area contributed by atoms with Crippen molar-refractivity contribution in [3.8, 4) is 0 Å². The average Bonchev–Trinajstić information content (AvgIpc) is 2.26. The van der Waals surface area contributed by atoms with Crippen molar-refractivity contribution in [2.45, 2.75) is 64.7 Å². The van der Waals surface area contributed by atoms with E-state index in [4.69, 9.17) is 5.11 Å². The van der Waals surface area contributed by atoms with Gasteiger partial charge in [-0.25, -0.2) is 14.8 Å². The minimum absolute atomic E-state index is 0.259. The molecule has 1 N–H and O–H groups in total. The first-order chi connectivity index (χ1) is 9.09. The smallest absolute Gasteiger partial charge is 0.339 e. The van der Waals surface area contributed by atoms with Crippen molar-refractivity contribution in [2.24, 2.45) is 0 Å². The molecule has 0 aliphatic heterocycles. The molecule has 1 aliphatic carbocycles. The van der Waals surface area contributed by atoms with Crippen LogP contribution in [-0.2, 0) is 0 Å². The van der Waals surface area contributed by atoms with E-state index in [1.807, 2.05) is 0 Å². The van der Waals surface area contributed by atoms with Gasteiger partial charge >= 0.3 is 5.97 Å². The van der Waals surface area contributed by atoms with Crippen LogP contribution in [0.15, 0.2) is 0 Å². The standard InChI is InChI=1S/C15H22N2O2/c1-10-13(15(18)19)11(2)17-14(16-10)12-8-6-4-3-5-7-9-12/h12H,3-9H2,1-2H3,(H,18,19). The number of carboxylic acids is 1. The largest absolute Gasteiger partial charge is 0.478 e. The summed E-state index contributed by atoms with van der Waals surface area (Å²) in [4.78, 5) is 20.1. The van der Waals surface area contributed by atoms with E-state index in [1.54, 1.807) is 13.8 Å². The molecule has 0 unspecified atom stereocenters. The Morgan fingerprint density at radius 3 is 1.95 bits per heavy atom. The van der Waals surface area contributed by atoms with E-state index < -0.39 is 5.97 Å². The highest BCUT2D eigenvalue weighted by atomic mass is 16.4. The second-order valence-electron chi connectivity index (χ2n) is 5.47. The van der Waals surface area contributed by atoms with Gasteiger partial charge in [0.05, 0.1) is 11.4 Å². The third kappa shape index (κ3) is 3.31. The second-order valence-corrected chi connectivity index (χ2v) is 5.47. The van der Waals surface area contributed by atoms with Crippen LogP contribution < -0.4 is 0 Å². The average molecular weight is 262 g/mol. The molecule has 0 bridgehead atoms. The highest BCUT2D eigenvalue weighted by Crippen LogP contribution is 2.29. The van der Waals surface area contributed by atoms with Crippen LogP contribution in [0.3, 0.4) is 0 Å². The number of nitrogens with zero attached hydrogens (tertiary/aromatic N) is 2.